The predicted octanol–water partition coefficient (Wildman–Crippen LogP) is 2.20. The number of amides is 1. The first-order valence-corrected chi connectivity index (χ1v) is 7.91. The number of aryl methyl sites for hydroxylation is 1. The van der Waals surface area contributed by atoms with Gasteiger partial charge in [0.25, 0.3) is 5.91 Å². The molecule has 2 unspecified atom stereocenters. The lowest BCUT2D eigenvalue weighted by Gasteiger charge is -2.31. The minimum atomic E-state index is -0.276. The molecule has 118 valence electrons. The van der Waals surface area contributed by atoms with Crippen molar-refractivity contribution in [2.45, 2.75) is 31.8 Å². The third-order valence-electron chi connectivity index (χ3n) is 4.70. The van der Waals surface area contributed by atoms with Gasteiger partial charge >= 0.3 is 0 Å². The molecule has 0 bridgehead atoms. The molecule has 5 heteroatoms. The zero-order valence-electron chi connectivity index (χ0n) is 13.2. The molecule has 1 saturated carbocycles. The molecule has 5 nitrogen and oxygen atoms in total. The minimum Gasteiger partial charge on any atom is -0.393 e. The maximum absolute atomic E-state index is 12.6. The Morgan fingerprint density at radius 1 is 1.41 bits per heavy atom. The summed E-state index contributed by atoms with van der Waals surface area (Å²) < 4.78 is 1.94. The summed E-state index contributed by atoms with van der Waals surface area (Å²) >= 11 is 0. The van der Waals surface area contributed by atoms with Crippen LogP contribution in [0.25, 0.3) is 11.0 Å². The van der Waals surface area contributed by atoms with E-state index in [4.69, 9.17) is 0 Å². The number of fused-ring (bicyclic) bond motifs is 1. The standard InChI is InChI=1S/C17H23N3O2/c1-19(10-13-5-3-4-6-16(13)21)17(22)12-7-8-15-14(9-12)18-11-20(15)2/h7-9,11,13,16,21H,3-6,10H2,1-2H3. The van der Waals surface area contributed by atoms with Crippen LogP contribution >= 0.6 is 0 Å². The Kier molecular flexibility index (Phi) is 4.16. The lowest BCUT2D eigenvalue weighted by molar-refractivity contribution is 0.0451. The second-order valence-corrected chi connectivity index (χ2v) is 6.36. The summed E-state index contributed by atoms with van der Waals surface area (Å²) in [7, 11) is 3.75. The van der Waals surface area contributed by atoms with E-state index < -0.39 is 0 Å². The van der Waals surface area contributed by atoms with Crippen molar-refractivity contribution in [2.24, 2.45) is 13.0 Å². The molecule has 1 N–H and O–H groups in total. The first kappa shape index (κ1) is 15.0. The molecule has 1 aliphatic rings. The van der Waals surface area contributed by atoms with Crippen molar-refractivity contribution >= 4 is 16.9 Å². The van der Waals surface area contributed by atoms with Crippen LogP contribution in [0.3, 0.4) is 0 Å². The van der Waals surface area contributed by atoms with Crippen molar-refractivity contribution in [2.75, 3.05) is 13.6 Å². The highest BCUT2D eigenvalue weighted by molar-refractivity contribution is 5.97. The average Bonchev–Trinajstić information content (AvgIpc) is 2.89. The van der Waals surface area contributed by atoms with Crippen LogP contribution in [0.1, 0.15) is 36.0 Å². The molecule has 2 aromatic rings. The third-order valence-corrected chi connectivity index (χ3v) is 4.70. The van der Waals surface area contributed by atoms with E-state index in [0.29, 0.717) is 12.1 Å². The quantitative estimate of drug-likeness (QED) is 0.945. The molecule has 1 aromatic carbocycles. The third kappa shape index (κ3) is 2.86. The maximum atomic E-state index is 12.6. The Morgan fingerprint density at radius 3 is 2.95 bits per heavy atom. The topological polar surface area (TPSA) is 58.4 Å². The molecule has 3 rings (SSSR count). The van der Waals surface area contributed by atoms with Gasteiger partial charge in [-0.2, -0.15) is 0 Å². The summed E-state index contributed by atoms with van der Waals surface area (Å²) in [6.45, 7) is 0.611. The Morgan fingerprint density at radius 2 is 2.18 bits per heavy atom. The molecule has 0 spiro atoms. The second kappa shape index (κ2) is 6.08. The molecule has 1 heterocycles. The van der Waals surface area contributed by atoms with Crippen LogP contribution in [0.15, 0.2) is 24.5 Å². The molecule has 0 saturated heterocycles. The zero-order valence-corrected chi connectivity index (χ0v) is 13.2. The number of imidazole rings is 1. The molecule has 22 heavy (non-hydrogen) atoms. The van der Waals surface area contributed by atoms with Crippen molar-refractivity contribution in [3.05, 3.63) is 30.1 Å². The number of aliphatic hydroxyl groups excluding tert-OH is 1. The Hall–Kier alpha value is -1.88. The van der Waals surface area contributed by atoms with Crippen LogP contribution in [0.5, 0.6) is 0 Å². The molecule has 1 amide bonds. The first-order valence-electron chi connectivity index (χ1n) is 7.91. The summed E-state index contributed by atoms with van der Waals surface area (Å²) in [5.74, 6) is 0.187. The van der Waals surface area contributed by atoms with Gasteiger partial charge in [-0.3, -0.25) is 4.79 Å². The van der Waals surface area contributed by atoms with Gasteiger partial charge in [0.05, 0.1) is 23.5 Å². The number of hydrogen-bond acceptors (Lipinski definition) is 3. The van der Waals surface area contributed by atoms with E-state index in [1.165, 1.54) is 0 Å². The van der Waals surface area contributed by atoms with Gasteiger partial charge in [-0.1, -0.05) is 12.8 Å². The van der Waals surface area contributed by atoms with Crippen LogP contribution < -0.4 is 0 Å². The SMILES string of the molecule is CN(CC1CCCCC1O)C(=O)c1ccc2c(c1)ncn2C. The van der Waals surface area contributed by atoms with Crippen molar-refractivity contribution in [1.29, 1.82) is 0 Å². The van der Waals surface area contributed by atoms with Gasteiger partial charge in [0.2, 0.25) is 0 Å². The van der Waals surface area contributed by atoms with E-state index >= 15 is 0 Å². The van der Waals surface area contributed by atoms with Crippen LogP contribution in [0.2, 0.25) is 0 Å². The second-order valence-electron chi connectivity index (χ2n) is 6.36. The minimum absolute atomic E-state index is 0.00896. The highest BCUT2D eigenvalue weighted by atomic mass is 16.3. The Bertz CT molecular complexity index is 680. The lowest BCUT2D eigenvalue weighted by atomic mass is 9.86. The summed E-state index contributed by atoms with van der Waals surface area (Å²) in [5.41, 5.74) is 2.50. The first-order chi connectivity index (χ1) is 10.6. The lowest BCUT2D eigenvalue weighted by Crippen LogP contribution is -2.38. The molecule has 1 aromatic heterocycles. The summed E-state index contributed by atoms with van der Waals surface area (Å²) in [5, 5.41) is 10.1. The number of aliphatic hydroxyl groups is 1. The van der Waals surface area contributed by atoms with Crippen molar-refractivity contribution in [3.63, 3.8) is 0 Å². The molecule has 1 aliphatic carbocycles. The molecule has 0 radical (unpaired) electrons. The van der Waals surface area contributed by atoms with Gasteiger partial charge in [-0.15, -0.1) is 0 Å². The van der Waals surface area contributed by atoms with E-state index in [9.17, 15) is 9.90 Å². The number of nitrogens with zero attached hydrogens (tertiary/aromatic N) is 3. The van der Waals surface area contributed by atoms with Gasteiger partial charge in [0.1, 0.15) is 0 Å². The fourth-order valence-electron chi connectivity index (χ4n) is 3.33. The van der Waals surface area contributed by atoms with E-state index in [2.05, 4.69) is 4.98 Å². The largest absolute Gasteiger partial charge is 0.393 e. The van der Waals surface area contributed by atoms with Gasteiger partial charge in [0.15, 0.2) is 0 Å². The number of hydrogen-bond donors (Lipinski definition) is 1. The number of carbonyl (C=O) groups is 1. The normalized spacial score (nSPS) is 22.0. The Balaban J connectivity index is 1.73. The number of carbonyl (C=O) groups excluding carboxylic acids is 1. The summed E-state index contributed by atoms with van der Waals surface area (Å²) in [6, 6.07) is 5.62. The predicted molar refractivity (Wildman–Crippen MR) is 85.6 cm³/mol. The fourth-order valence-corrected chi connectivity index (χ4v) is 3.33. The number of benzene rings is 1. The van der Waals surface area contributed by atoms with Crippen molar-refractivity contribution in [1.82, 2.24) is 14.5 Å². The average molecular weight is 301 g/mol. The van der Waals surface area contributed by atoms with Crippen LogP contribution in [-0.4, -0.2) is 45.2 Å². The van der Waals surface area contributed by atoms with Gasteiger partial charge in [-0.05, 0) is 31.0 Å². The molecule has 1 fully saturated rings. The van der Waals surface area contributed by atoms with Gasteiger partial charge in [-0.25, -0.2) is 4.98 Å². The van der Waals surface area contributed by atoms with Gasteiger partial charge in [0, 0.05) is 32.1 Å². The van der Waals surface area contributed by atoms with Crippen LogP contribution in [-0.2, 0) is 7.05 Å². The molecular formula is C17H23N3O2. The number of aromatic nitrogens is 2. The highest BCUT2D eigenvalue weighted by Gasteiger charge is 2.26. The van der Waals surface area contributed by atoms with E-state index in [0.717, 1.165) is 36.7 Å². The molecular weight excluding hydrogens is 278 g/mol. The molecule has 0 aliphatic heterocycles. The zero-order chi connectivity index (χ0) is 15.7. The Labute approximate surface area is 130 Å². The van der Waals surface area contributed by atoms with E-state index in [1.54, 1.807) is 11.2 Å². The fraction of sp³-hybridized carbons (Fsp3) is 0.529. The summed E-state index contributed by atoms with van der Waals surface area (Å²) in [6.07, 6.45) is 5.56. The maximum Gasteiger partial charge on any atom is 0.253 e. The molecule has 2 atom stereocenters. The van der Waals surface area contributed by atoms with E-state index in [1.807, 2.05) is 36.9 Å². The highest BCUT2D eigenvalue weighted by Crippen LogP contribution is 2.25. The van der Waals surface area contributed by atoms with Crippen LogP contribution in [0, 0.1) is 5.92 Å². The van der Waals surface area contributed by atoms with Gasteiger partial charge < -0.3 is 14.6 Å². The number of rotatable bonds is 3. The monoisotopic (exact) mass is 301 g/mol. The van der Waals surface area contributed by atoms with Crippen LogP contribution in [0.4, 0.5) is 0 Å². The smallest absolute Gasteiger partial charge is 0.253 e. The van der Waals surface area contributed by atoms with Crippen molar-refractivity contribution in [3.8, 4) is 0 Å². The van der Waals surface area contributed by atoms with Crippen molar-refractivity contribution < 1.29 is 9.90 Å². The van der Waals surface area contributed by atoms with E-state index in [-0.39, 0.29) is 17.9 Å². The summed E-state index contributed by atoms with van der Waals surface area (Å²) in [4.78, 5) is 18.6.